The van der Waals surface area contributed by atoms with Crippen molar-refractivity contribution in [2.75, 3.05) is 13.4 Å². The number of hydrogen-bond donors (Lipinski definition) is 0. The molecular formula is C30H56O9Si3. The van der Waals surface area contributed by atoms with Gasteiger partial charge in [0.1, 0.15) is 19.0 Å². The van der Waals surface area contributed by atoms with Crippen molar-refractivity contribution in [2.45, 2.75) is 147 Å². The number of ether oxygens (including phenoxy) is 5. The predicted octanol–water partition coefficient (Wildman–Crippen LogP) is 5.57. The van der Waals surface area contributed by atoms with Crippen molar-refractivity contribution in [1.29, 1.82) is 0 Å². The van der Waals surface area contributed by atoms with E-state index in [0.717, 1.165) is 6.04 Å². The van der Waals surface area contributed by atoms with Crippen molar-refractivity contribution in [2.24, 2.45) is 17.8 Å². The number of ketones is 1. The molecule has 2 heterocycles. The van der Waals surface area contributed by atoms with Crippen LogP contribution in [0.3, 0.4) is 0 Å². The molecule has 9 atom stereocenters. The van der Waals surface area contributed by atoms with Crippen LogP contribution in [0.1, 0.15) is 41.0 Å². The molecular weight excluding hydrogens is 589 g/mol. The van der Waals surface area contributed by atoms with Gasteiger partial charge in [-0.2, -0.15) is 0 Å². The number of fused-ring (bicyclic) bond motifs is 2. The molecule has 2 saturated carbocycles. The summed E-state index contributed by atoms with van der Waals surface area (Å²) in [6, 6.07) is 1.01. The van der Waals surface area contributed by atoms with Gasteiger partial charge < -0.3 is 32.5 Å². The Kier molecular flexibility index (Phi) is 8.87. The zero-order valence-corrected chi connectivity index (χ0v) is 31.5. The van der Waals surface area contributed by atoms with E-state index in [-0.39, 0.29) is 12.6 Å². The highest BCUT2D eigenvalue weighted by Gasteiger charge is 2.81. The van der Waals surface area contributed by atoms with Crippen LogP contribution in [0.5, 0.6) is 0 Å². The standard InChI is InChI=1S/C30H56O9Si3/c1-19-21-22(24(23(19)31)34-18-33-15-16-40(6,7)8)28(4,38-41(9,10)11)17-20-30(39-42(12,13)14)25(21)35-26(32)29(30,5)37-27(2,3)36-20/h19-22,24-25H,15-18H2,1-14H3/t19-,20+,21-,22-,24+,25+,28+,29-,30-/m1/s1. The van der Waals surface area contributed by atoms with Gasteiger partial charge in [0.05, 0.1) is 11.7 Å². The van der Waals surface area contributed by atoms with Crippen LogP contribution >= 0.6 is 0 Å². The van der Waals surface area contributed by atoms with E-state index >= 15 is 0 Å². The summed E-state index contributed by atoms with van der Waals surface area (Å²) in [7, 11) is -5.80. The zero-order chi connectivity index (χ0) is 31.9. The van der Waals surface area contributed by atoms with E-state index in [1.54, 1.807) is 6.92 Å². The predicted molar refractivity (Wildman–Crippen MR) is 168 cm³/mol. The minimum absolute atomic E-state index is 0.0200. The quantitative estimate of drug-likeness (QED) is 0.131. The van der Waals surface area contributed by atoms with Crippen LogP contribution in [-0.2, 0) is 42.1 Å². The Morgan fingerprint density at radius 3 is 2.05 bits per heavy atom. The van der Waals surface area contributed by atoms with Gasteiger partial charge in [0.15, 0.2) is 39.4 Å². The minimum Gasteiger partial charge on any atom is -0.457 e. The number of Topliss-reactive ketones (excluding diaryl/α,β-unsaturated/α-hetero) is 1. The molecule has 242 valence electrons. The van der Waals surface area contributed by atoms with Gasteiger partial charge in [-0.3, -0.25) is 4.79 Å². The molecule has 0 N–H and O–H groups in total. The molecule has 4 aliphatic rings. The summed E-state index contributed by atoms with van der Waals surface area (Å²) >= 11 is 0. The minimum atomic E-state index is -2.35. The van der Waals surface area contributed by atoms with Gasteiger partial charge in [-0.15, -0.1) is 0 Å². The smallest absolute Gasteiger partial charge is 0.341 e. The van der Waals surface area contributed by atoms with E-state index in [1.807, 2.05) is 20.8 Å². The van der Waals surface area contributed by atoms with Gasteiger partial charge in [-0.25, -0.2) is 4.79 Å². The maximum atomic E-state index is 14.1. The van der Waals surface area contributed by atoms with E-state index < -0.39 is 89.3 Å². The van der Waals surface area contributed by atoms with Crippen molar-refractivity contribution in [3.8, 4) is 0 Å². The van der Waals surface area contributed by atoms with Gasteiger partial charge in [-0.05, 0) is 73.0 Å². The Labute approximate surface area is 256 Å². The summed E-state index contributed by atoms with van der Waals surface area (Å²) in [6.45, 7) is 29.7. The van der Waals surface area contributed by atoms with Crippen molar-refractivity contribution in [1.82, 2.24) is 0 Å². The van der Waals surface area contributed by atoms with Gasteiger partial charge in [0.25, 0.3) is 0 Å². The number of carbonyl (C=O) groups excluding carboxylic acids is 2. The second kappa shape index (κ2) is 10.8. The van der Waals surface area contributed by atoms with Crippen LogP contribution in [0, 0.1) is 17.8 Å². The van der Waals surface area contributed by atoms with Crippen molar-refractivity contribution in [3.05, 3.63) is 0 Å². The molecule has 2 aliphatic heterocycles. The monoisotopic (exact) mass is 644 g/mol. The Hall–Kier alpha value is -0.449. The first-order valence-corrected chi connectivity index (χ1v) is 26.1. The lowest BCUT2D eigenvalue weighted by Crippen LogP contribution is -2.75. The summed E-state index contributed by atoms with van der Waals surface area (Å²) in [6.07, 6.45) is -1.74. The third kappa shape index (κ3) is 6.18. The highest BCUT2D eigenvalue weighted by atomic mass is 28.4. The third-order valence-electron chi connectivity index (χ3n) is 9.18. The average molecular weight is 645 g/mol. The van der Waals surface area contributed by atoms with E-state index in [0.29, 0.717) is 13.0 Å². The van der Waals surface area contributed by atoms with Crippen LogP contribution in [0.25, 0.3) is 0 Å². The molecule has 0 unspecified atom stereocenters. The number of hydrogen-bond acceptors (Lipinski definition) is 9. The molecule has 9 nitrogen and oxygen atoms in total. The molecule has 2 aliphatic carbocycles. The molecule has 12 heteroatoms. The van der Waals surface area contributed by atoms with E-state index in [2.05, 4.69) is 65.8 Å². The fraction of sp³-hybridized carbons (Fsp3) is 0.933. The molecule has 0 aromatic carbocycles. The van der Waals surface area contributed by atoms with Crippen LogP contribution in [0.4, 0.5) is 0 Å². The van der Waals surface area contributed by atoms with Gasteiger partial charge >= 0.3 is 5.97 Å². The summed E-state index contributed by atoms with van der Waals surface area (Å²) in [4.78, 5) is 28.0. The lowest BCUT2D eigenvalue weighted by atomic mass is 9.71. The summed E-state index contributed by atoms with van der Waals surface area (Å²) in [5, 5.41) is 0. The Balaban J connectivity index is 1.85. The third-order valence-corrected chi connectivity index (χ3v) is 12.9. The average Bonchev–Trinajstić information content (AvgIpc) is 3.09. The van der Waals surface area contributed by atoms with Crippen molar-refractivity contribution < 1.29 is 42.1 Å². The molecule has 0 spiro atoms. The fourth-order valence-electron chi connectivity index (χ4n) is 7.96. The van der Waals surface area contributed by atoms with Gasteiger partial charge in [-0.1, -0.05) is 26.6 Å². The molecule has 0 amide bonds. The van der Waals surface area contributed by atoms with E-state index in [1.165, 1.54) is 0 Å². The van der Waals surface area contributed by atoms with E-state index in [4.69, 9.17) is 32.5 Å². The molecule has 0 aromatic heterocycles. The summed E-state index contributed by atoms with van der Waals surface area (Å²) in [5.41, 5.74) is -3.52. The molecule has 4 rings (SSSR count). The SMILES string of the molecule is C[C@H]1C(=O)[C@@H](OCOCC[Si](C)(C)C)[C@H]2[C@@H]1[C@@H]1OC(=O)[C@@]3(C)OC(C)(C)O[C@@H](C[C@]2(C)O[Si](C)(C)C)[C@@]13O[Si](C)(C)C. The summed E-state index contributed by atoms with van der Waals surface area (Å²) < 4.78 is 46.1. The topological polar surface area (TPSA) is 98.8 Å². The fourth-order valence-corrected chi connectivity index (χ4v) is 11.8. The highest BCUT2D eigenvalue weighted by Crippen LogP contribution is 2.63. The second-order valence-corrected chi connectivity index (χ2v) is 31.4. The second-order valence-electron chi connectivity index (χ2n) is 16.9. The molecule has 4 fully saturated rings. The lowest BCUT2D eigenvalue weighted by Gasteiger charge is -2.57. The largest absolute Gasteiger partial charge is 0.457 e. The Bertz CT molecular complexity index is 1060. The number of esters is 1. The molecule has 0 radical (unpaired) electrons. The highest BCUT2D eigenvalue weighted by molar-refractivity contribution is 6.76. The lowest BCUT2D eigenvalue weighted by molar-refractivity contribution is -0.379. The normalized spacial score (nSPS) is 41.8. The zero-order valence-electron chi connectivity index (χ0n) is 28.5. The van der Waals surface area contributed by atoms with Crippen molar-refractivity contribution >= 4 is 36.5 Å². The molecule has 42 heavy (non-hydrogen) atoms. The Morgan fingerprint density at radius 2 is 1.50 bits per heavy atom. The first-order valence-electron chi connectivity index (χ1n) is 15.6. The number of carbonyl (C=O) groups is 2. The van der Waals surface area contributed by atoms with Crippen LogP contribution in [0.2, 0.25) is 65.0 Å². The first-order chi connectivity index (χ1) is 18.9. The van der Waals surface area contributed by atoms with Gasteiger partial charge in [0, 0.05) is 38.9 Å². The maximum absolute atomic E-state index is 14.1. The van der Waals surface area contributed by atoms with Crippen LogP contribution in [0.15, 0.2) is 0 Å². The van der Waals surface area contributed by atoms with E-state index in [9.17, 15) is 9.59 Å². The molecule has 0 aromatic rings. The molecule has 0 bridgehead atoms. The summed E-state index contributed by atoms with van der Waals surface area (Å²) in [5.74, 6) is -2.87. The van der Waals surface area contributed by atoms with Crippen LogP contribution < -0.4 is 0 Å². The number of rotatable bonds is 10. The first kappa shape index (κ1) is 34.4. The molecule has 2 saturated heterocycles. The maximum Gasteiger partial charge on any atom is 0.341 e. The Morgan fingerprint density at radius 1 is 0.905 bits per heavy atom. The van der Waals surface area contributed by atoms with Crippen molar-refractivity contribution in [3.63, 3.8) is 0 Å². The van der Waals surface area contributed by atoms with Gasteiger partial charge in [0.2, 0.25) is 0 Å². The van der Waals surface area contributed by atoms with Crippen LogP contribution in [-0.4, -0.2) is 90.8 Å².